The molecule has 2 unspecified atom stereocenters. The number of carbonyl (C=O) groups is 2. The first-order valence-electron chi connectivity index (χ1n) is 5.72. The lowest BCUT2D eigenvalue weighted by molar-refractivity contribution is -0.128. The molecule has 1 rings (SSSR count). The fourth-order valence-corrected chi connectivity index (χ4v) is 1.93. The number of hydrogen-bond acceptors (Lipinski definition) is 3. The summed E-state index contributed by atoms with van der Waals surface area (Å²) >= 11 is 0. The second-order valence-corrected chi connectivity index (χ2v) is 4.08. The van der Waals surface area contributed by atoms with Gasteiger partial charge in [0.1, 0.15) is 6.23 Å². The van der Waals surface area contributed by atoms with E-state index < -0.39 is 12.3 Å². The van der Waals surface area contributed by atoms with Gasteiger partial charge >= 0.3 is 6.03 Å². The molecule has 2 atom stereocenters. The maximum Gasteiger partial charge on any atom is 0.330 e. The van der Waals surface area contributed by atoms with Crippen LogP contribution in [-0.2, 0) is 4.79 Å². The Kier molecular flexibility index (Phi) is 4.76. The zero-order valence-corrected chi connectivity index (χ0v) is 10.3. The molecule has 5 heteroatoms. The monoisotopic (exact) mass is 248 g/mol. The third-order valence-electron chi connectivity index (χ3n) is 2.99. The smallest absolute Gasteiger partial charge is 0.330 e. The minimum atomic E-state index is -1.05. The lowest BCUT2D eigenvalue weighted by Gasteiger charge is -2.29. The van der Waals surface area contributed by atoms with E-state index in [1.54, 1.807) is 0 Å². The lowest BCUT2D eigenvalue weighted by Crippen LogP contribution is -2.48. The number of imide groups is 1. The molecule has 1 aliphatic heterocycles. The summed E-state index contributed by atoms with van der Waals surface area (Å²) in [6.45, 7) is 1.68. The maximum absolute atomic E-state index is 12.1. The van der Waals surface area contributed by atoms with Crippen LogP contribution in [0.4, 0.5) is 4.79 Å². The van der Waals surface area contributed by atoms with E-state index in [0.717, 1.165) is 9.80 Å². The van der Waals surface area contributed by atoms with E-state index in [-0.39, 0.29) is 31.3 Å². The molecule has 1 aliphatic rings. The lowest BCUT2D eigenvalue weighted by atomic mass is 10.00. The largest absolute Gasteiger partial charge is 0.373 e. The molecule has 0 spiro atoms. The fraction of sp³-hybridized carbons (Fsp3) is 0.538. The number of nitrogens with zero attached hydrogens (tertiary/aromatic N) is 2. The molecule has 96 valence electrons. The van der Waals surface area contributed by atoms with Crippen molar-refractivity contribution in [1.29, 1.82) is 0 Å². The van der Waals surface area contributed by atoms with E-state index in [4.69, 9.17) is 12.8 Å². The van der Waals surface area contributed by atoms with Crippen molar-refractivity contribution in [2.24, 2.45) is 5.92 Å². The Bertz CT molecular complexity index is 419. The van der Waals surface area contributed by atoms with Crippen LogP contribution in [0.2, 0.25) is 0 Å². The summed E-state index contributed by atoms with van der Waals surface area (Å²) in [4.78, 5) is 26.0. The summed E-state index contributed by atoms with van der Waals surface area (Å²) < 4.78 is 0. The molecule has 0 bridgehead atoms. The van der Waals surface area contributed by atoms with Crippen LogP contribution in [-0.4, -0.2) is 46.2 Å². The standard InChI is InChI=1S/C13H16N2O3/c1-4-7-14-11(16)9-10(6-3)12(17)15(8-5-2)13(14)18/h1-2,10,12,17H,6-9H2,3H3. The Morgan fingerprint density at radius 1 is 1.33 bits per heavy atom. The van der Waals surface area contributed by atoms with Gasteiger partial charge in [0, 0.05) is 12.3 Å². The number of carbonyl (C=O) groups excluding carboxylic acids is 2. The molecule has 0 saturated carbocycles. The van der Waals surface area contributed by atoms with Crippen molar-refractivity contribution < 1.29 is 14.7 Å². The molecule has 0 aromatic carbocycles. The average Bonchev–Trinajstić information content (AvgIpc) is 2.44. The highest BCUT2D eigenvalue weighted by atomic mass is 16.3. The van der Waals surface area contributed by atoms with Gasteiger partial charge in [-0.1, -0.05) is 18.8 Å². The van der Waals surface area contributed by atoms with Gasteiger partial charge in [-0.25, -0.2) is 4.79 Å². The van der Waals surface area contributed by atoms with Crippen molar-refractivity contribution in [3.8, 4) is 24.7 Å². The third kappa shape index (κ3) is 2.64. The van der Waals surface area contributed by atoms with Crippen LogP contribution in [0.25, 0.3) is 0 Å². The third-order valence-corrected chi connectivity index (χ3v) is 2.99. The number of terminal acetylenes is 2. The van der Waals surface area contributed by atoms with E-state index in [9.17, 15) is 14.7 Å². The minimum absolute atomic E-state index is 0.0507. The quantitative estimate of drug-likeness (QED) is 0.728. The normalized spacial score (nSPS) is 24.4. The van der Waals surface area contributed by atoms with E-state index in [1.165, 1.54) is 0 Å². The number of aliphatic hydroxyl groups is 1. The highest BCUT2D eigenvalue weighted by molar-refractivity contribution is 5.95. The van der Waals surface area contributed by atoms with Crippen LogP contribution in [0.15, 0.2) is 0 Å². The van der Waals surface area contributed by atoms with Gasteiger partial charge in [0.2, 0.25) is 5.91 Å². The number of hydrogen-bond donors (Lipinski definition) is 1. The Labute approximate surface area is 107 Å². The van der Waals surface area contributed by atoms with Crippen LogP contribution in [0, 0.1) is 30.6 Å². The number of rotatable bonds is 3. The first-order valence-corrected chi connectivity index (χ1v) is 5.72. The second kappa shape index (κ2) is 6.09. The molecule has 0 aromatic rings. The average molecular weight is 248 g/mol. The van der Waals surface area contributed by atoms with Crippen molar-refractivity contribution in [3.05, 3.63) is 0 Å². The zero-order valence-electron chi connectivity index (χ0n) is 10.3. The SMILES string of the molecule is C#CCN1C(=O)CC(CC)C(O)N(CC#C)C1=O. The van der Waals surface area contributed by atoms with E-state index >= 15 is 0 Å². The van der Waals surface area contributed by atoms with Crippen LogP contribution in [0.3, 0.4) is 0 Å². The maximum atomic E-state index is 12.1. The molecule has 1 heterocycles. The summed E-state index contributed by atoms with van der Waals surface area (Å²) in [5, 5.41) is 10.1. The molecular formula is C13H16N2O3. The molecule has 3 amide bonds. The first kappa shape index (κ1) is 14.1. The predicted octanol–water partition coefficient (Wildman–Crippen LogP) is 0.252. The Morgan fingerprint density at radius 2 is 1.94 bits per heavy atom. The van der Waals surface area contributed by atoms with Gasteiger partial charge in [0.05, 0.1) is 13.1 Å². The van der Waals surface area contributed by atoms with Gasteiger partial charge in [-0.3, -0.25) is 14.6 Å². The fourth-order valence-electron chi connectivity index (χ4n) is 1.93. The predicted molar refractivity (Wildman–Crippen MR) is 65.9 cm³/mol. The Morgan fingerprint density at radius 3 is 2.44 bits per heavy atom. The second-order valence-electron chi connectivity index (χ2n) is 4.08. The van der Waals surface area contributed by atoms with Crippen LogP contribution in [0.5, 0.6) is 0 Å². The van der Waals surface area contributed by atoms with E-state index in [2.05, 4.69) is 11.8 Å². The number of urea groups is 1. The Hall–Kier alpha value is -1.98. The highest BCUT2D eigenvalue weighted by Gasteiger charge is 2.38. The van der Waals surface area contributed by atoms with Gasteiger partial charge in [-0.2, -0.15) is 0 Å². The molecule has 1 saturated heterocycles. The zero-order chi connectivity index (χ0) is 13.7. The summed E-state index contributed by atoms with van der Waals surface area (Å²) in [5.74, 6) is 3.87. The molecule has 1 N–H and O–H groups in total. The van der Waals surface area contributed by atoms with Crippen molar-refractivity contribution >= 4 is 11.9 Å². The summed E-state index contributed by atoms with van der Waals surface area (Å²) in [6, 6.07) is -0.626. The van der Waals surface area contributed by atoms with E-state index in [0.29, 0.717) is 6.42 Å². The topological polar surface area (TPSA) is 60.9 Å². The molecular weight excluding hydrogens is 232 g/mol. The summed E-state index contributed by atoms with van der Waals surface area (Å²) in [5.41, 5.74) is 0. The van der Waals surface area contributed by atoms with Crippen LogP contribution in [0.1, 0.15) is 19.8 Å². The molecule has 0 aliphatic carbocycles. The van der Waals surface area contributed by atoms with Gasteiger partial charge in [0.15, 0.2) is 0 Å². The summed E-state index contributed by atoms with van der Waals surface area (Å²) in [6.07, 6.45) is 9.93. The summed E-state index contributed by atoms with van der Waals surface area (Å²) in [7, 11) is 0. The molecule has 1 fully saturated rings. The number of amides is 3. The number of aliphatic hydroxyl groups excluding tert-OH is 1. The molecule has 0 radical (unpaired) electrons. The Balaban J connectivity index is 3.08. The molecule has 0 aromatic heterocycles. The van der Waals surface area contributed by atoms with Crippen molar-refractivity contribution in [2.45, 2.75) is 26.0 Å². The van der Waals surface area contributed by atoms with Gasteiger partial charge < -0.3 is 5.11 Å². The minimum Gasteiger partial charge on any atom is -0.373 e. The van der Waals surface area contributed by atoms with Crippen molar-refractivity contribution in [2.75, 3.05) is 13.1 Å². The first-order chi connectivity index (χ1) is 8.56. The van der Waals surface area contributed by atoms with Crippen molar-refractivity contribution in [3.63, 3.8) is 0 Å². The van der Waals surface area contributed by atoms with Gasteiger partial charge in [0.25, 0.3) is 0 Å². The van der Waals surface area contributed by atoms with Crippen molar-refractivity contribution in [1.82, 2.24) is 9.80 Å². The van der Waals surface area contributed by atoms with E-state index in [1.807, 2.05) is 6.92 Å². The van der Waals surface area contributed by atoms with Gasteiger partial charge in [-0.15, -0.1) is 12.8 Å². The van der Waals surface area contributed by atoms with Crippen LogP contribution < -0.4 is 0 Å². The molecule has 5 nitrogen and oxygen atoms in total. The van der Waals surface area contributed by atoms with Gasteiger partial charge in [-0.05, 0) is 6.42 Å². The van der Waals surface area contributed by atoms with Crippen LogP contribution >= 0.6 is 0 Å². The highest BCUT2D eigenvalue weighted by Crippen LogP contribution is 2.23. The molecule has 18 heavy (non-hydrogen) atoms.